The number of rotatable bonds is 3. The quantitative estimate of drug-likeness (QED) is 0.715. The third-order valence-corrected chi connectivity index (χ3v) is 6.50. The third kappa shape index (κ3) is 2.86. The first-order valence-electron chi connectivity index (χ1n) is 9.29. The molecular formula is C20H21N3O3S. The molecule has 1 aromatic carbocycles. The predicted molar refractivity (Wildman–Crippen MR) is 106 cm³/mol. The zero-order chi connectivity index (χ0) is 18.5. The Labute approximate surface area is 160 Å². The van der Waals surface area contributed by atoms with E-state index in [0.717, 1.165) is 46.7 Å². The van der Waals surface area contributed by atoms with Crippen LogP contribution in [0.15, 0.2) is 23.0 Å². The summed E-state index contributed by atoms with van der Waals surface area (Å²) in [6.07, 6.45) is 3.17. The standard InChI is InChI=1S/C20H21N3O3S/c1-10-3-5-13-16(7-10)27-20-17(13)19(24)22-18(23-20)11(2)21-12-4-6-14-15(8-12)26-9-25-14/h4,6,8,10-11,21H,3,5,7,9H2,1-2H3,(H,22,23,24)/t10-,11-/m0/s1. The Balaban J connectivity index is 1.47. The largest absolute Gasteiger partial charge is 0.454 e. The Morgan fingerprint density at radius 3 is 3.07 bits per heavy atom. The fraction of sp³-hybridized carbons (Fsp3) is 0.400. The van der Waals surface area contributed by atoms with Crippen LogP contribution in [0, 0.1) is 5.92 Å². The van der Waals surface area contributed by atoms with Gasteiger partial charge in [-0.15, -0.1) is 11.3 Å². The van der Waals surface area contributed by atoms with Gasteiger partial charge in [-0.25, -0.2) is 4.98 Å². The second-order valence-electron chi connectivity index (χ2n) is 7.42. The fourth-order valence-electron chi connectivity index (χ4n) is 3.88. The van der Waals surface area contributed by atoms with Gasteiger partial charge in [0.1, 0.15) is 10.7 Å². The van der Waals surface area contributed by atoms with E-state index in [9.17, 15) is 4.79 Å². The monoisotopic (exact) mass is 383 g/mol. The van der Waals surface area contributed by atoms with Crippen molar-refractivity contribution in [1.29, 1.82) is 0 Å². The molecule has 140 valence electrons. The average Bonchev–Trinajstić information content (AvgIpc) is 3.24. The average molecular weight is 383 g/mol. The summed E-state index contributed by atoms with van der Waals surface area (Å²) in [5, 5.41) is 4.18. The molecule has 0 fully saturated rings. The first-order valence-corrected chi connectivity index (χ1v) is 10.1. The van der Waals surface area contributed by atoms with E-state index in [-0.39, 0.29) is 18.4 Å². The number of H-pyrrole nitrogens is 1. The van der Waals surface area contributed by atoms with E-state index in [1.807, 2.05) is 25.1 Å². The summed E-state index contributed by atoms with van der Waals surface area (Å²) >= 11 is 1.68. The zero-order valence-electron chi connectivity index (χ0n) is 15.3. The number of nitrogens with zero attached hydrogens (tertiary/aromatic N) is 1. The zero-order valence-corrected chi connectivity index (χ0v) is 16.1. The molecule has 0 saturated carbocycles. The number of fused-ring (bicyclic) bond motifs is 4. The molecule has 7 heteroatoms. The number of nitrogens with one attached hydrogen (secondary N) is 2. The van der Waals surface area contributed by atoms with Crippen LogP contribution in [0.3, 0.4) is 0 Å². The summed E-state index contributed by atoms with van der Waals surface area (Å²) in [4.78, 5) is 22.7. The van der Waals surface area contributed by atoms with E-state index < -0.39 is 0 Å². The van der Waals surface area contributed by atoms with Crippen LogP contribution < -0.4 is 20.3 Å². The van der Waals surface area contributed by atoms with Gasteiger partial charge in [0.2, 0.25) is 6.79 Å². The van der Waals surface area contributed by atoms with Gasteiger partial charge in [0.05, 0.1) is 11.4 Å². The van der Waals surface area contributed by atoms with Crippen molar-refractivity contribution in [3.63, 3.8) is 0 Å². The van der Waals surface area contributed by atoms with E-state index in [2.05, 4.69) is 17.2 Å². The van der Waals surface area contributed by atoms with Crippen LogP contribution >= 0.6 is 11.3 Å². The van der Waals surface area contributed by atoms with Crippen LogP contribution in [0.2, 0.25) is 0 Å². The highest BCUT2D eigenvalue weighted by Crippen LogP contribution is 2.37. The lowest BCUT2D eigenvalue weighted by Gasteiger charge is -2.17. The lowest BCUT2D eigenvalue weighted by molar-refractivity contribution is 0.174. The van der Waals surface area contributed by atoms with Gasteiger partial charge in [-0.3, -0.25) is 4.79 Å². The summed E-state index contributed by atoms with van der Waals surface area (Å²) in [7, 11) is 0. The van der Waals surface area contributed by atoms with E-state index >= 15 is 0 Å². The fourth-order valence-corrected chi connectivity index (χ4v) is 5.27. The van der Waals surface area contributed by atoms with Gasteiger partial charge in [0.25, 0.3) is 5.56 Å². The molecule has 3 aromatic rings. The van der Waals surface area contributed by atoms with Crippen molar-refractivity contribution in [3.05, 3.63) is 44.8 Å². The highest BCUT2D eigenvalue weighted by molar-refractivity contribution is 7.18. The molecule has 2 atom stereocenters. The van der Waals surface area contributed by atoms with Gasteiger partial charge in [-0.1, -0.05) is 6.92 Å². The van der Waals surface area contributed by atoms with Crippen LogP contribution in [0.25, 0.3) is 10.2 Å². The topological polar surface area (TPSA) is 76.2 Å². The second kappa shape index (κ2) is 6.27. The number of aryl methyl sites for hydroxylation is 1. The SMILES string of the molecule is C[C@H]1CCc2c(sc3nc([C@H](C)Nc4ccc5c(c4)OCO5)[nH]c(=O)c23)C1. The van der Waals surface area contributed by atoms with E-state index in [4.69, 9.17) is 14.5 Å². The van der Waals surface area contributed by atoms with Crippen LogP contribution in [0.4, 0.5) is 5.69 Å². The highest BCUT2D eigenvalue weighted by Gasteiger charge is 2.24. The van der Waals surface area contributed by atoms with Gasteiger partial charge in [-0.05, 0) is 49.8 Å². The molecule has 1 aliphatic heterocycles. The number of benzene rings is 1. The van der Waals surface area contributed by atoms with Crippen molar-refractivity contribution in [2.75, 3.05) is 12.1 Å². The number of aromatic amines is 1. The molecule has 2 aromatic heterocycles. The van der Waals surface area contributed by atoms with Crippen LogP contribution in [-0.2, 0) is 12.8 Å². The summed E-state index contributed by atoms with van der Waals surface area (Å²) in [6, 6.07) is 5.58. The summed E-state index contributed by atoms with van der Waals surface area (Å²) in [5.41, 5.74) is 2.08. The van der Waals surface area contributed by atoms with Crippen molar-refractivity contribution in [3.8, 4) is 11.5 Å². The molecule has 2 N–H and O–H groups in total. The molecule has 0 saturated heterocycles. The Morgan fingerprint density at radius 2 is 2.19 bits per heavy atom. The van der Waals surface area contributed by atoms with Crippen molar-refractivity contribution in [2.45, 2.75) is 39.2 Å². The Hall–Kier alpha value is -2.54. The highest BCUT2D eigenvalue weighted by atomic mass is 32.1. The van der Waals surface area contributed by atoms with Crippen molar-refractivity contribution >= 4 is 27.2 Å². The lowest BCUT2D eigenvalue weighted by atomic mass is 9.89. The maximum absolute atomic E-state index is 12.8. The number of anilines is 1. The molecule has 0 amide bonds. The minimum absolute atomic E-state index is 0.0265. The van der Waals surface area contributed by atoms with Crippen LogP contribution in [-0.4, -0.2) is 16.8 Å². The maximum Gasteiger partial charge on any atom is 0.259 e. The number of aromatic nitrogens is 2. The molecule has 1 aliphatic carbocycles. The summed E-state index contributed by atoms with van der Waals surface area (Å²) in [6.45, 7) is 4.51. The number of thiophene rings is 1. The molecule has 0 bridgehead atoms. The molecule has 0 unspecified atom stereocenters. The molecule has 6 nitrogen and oxygen atoms in total. The van der Waals surface area contributed by atoms with Gasteiger partial charge in [-0.2, -0.15) is 0 Å². The number of ether oxygens (including phenoxy) is 2. The molecule has 27 heavy (non-hydrogen) atoms. The molecule has 2 aliphatic rings. The van der Waals surface area contributed by atoms with Crippen molar-refractivity contribution < 1.29 is 9.47 Å². The van der Waals surface area contributed by atoms with Gasteiger partial charge >= 0.3 is 0 Å². The Kier molecular flexibility index (Phi) is 3.86. The lowest BCUT2D eigenvalue weighted by Crippen LogP contribution is -2.18. The minimum Gasteiger partial charge on any atom is -0.454 e. The van der Waals surface area contributed by atoms with Crippen LogP contribution in [0.5, 0.6) is 11.5 Å². The minimum atomic E-state index is -0.138. The normalized spacial score (nSPS) is 19.1. The van der Waals surface area contributed by atoms with E-state index in [1.54, 1.807) is 11.3 Å². The molecule has 0 radical (unpaired) electrons. The van der Waals surface area contributed by atoms with Crippen molar-refractivity contribution in [2.24, 2.45) is 5.92 Å². The third-order valence-electron chi connectivity index (χ3n) is 5.35. The summed E-state index contributed by atoms with van der Waals surface area (Å²) < 4.78 is 10.8. The Bertz CT molecular complexity index is 1090. The van der Waals surface area contributed by atoms with Gasteiger partial charge in [0.15, 0.2) is 11.5 Å². The number of hydrogen-bond donors (Lipinski definition) is 2. The first kappa shape index (κ1) is 16.6. The molecule has 5 rings (SSSR count). The Morgan fingerprint density at radius 1 is 1.33 bits per heavy atom. The smallest absolute Gasteiger partial charge is 0.259 e. The predicted octanol–water partition coefficient (Wildman–Crippen LogP) is 4.01. The van der Waals surface area contributed by atoms with E-state index in [1.165, 1.54) is 10.4 Å². The van der Waals surface area contributed by atoms with Gasteiger partial charge in [0, 0.05) is 16.6 Å². The van der Waals surface area contributed by atoms with Gasteiger partial charge < -0.3 is 19.8 Å². The first-order chi connectivity index (χ1) is 13.1. The molecular weight excluding hydrogens is 362 g/mol. The number of hydrogen-bond acceptors (Lipinski definition) is 6. The maximum atomic E-state index is 12.8. The molecule has 0 spiro atoms. The van der Waals surface area contributed by atoms with Crippen LogP contribution in [0.1, 0.15) is 42.6 Å². The summed E-state index contributed by atoms with van der Waals surface area (Å²) in [5.74, 6) is 2.80. The molecule has 3 heterocycles. The van der Waals surface area contributed by atoms with Crippen molar-refractivity contribution in [1.82, 2.24) is 9.97 Å². The second-order valence-corrected chi connectivity index (χ2v) is 8.50. The van der Waals surface area contributed by atoms with E-state index in [0.29, 0.717) is 11.7 Å².